The van der Waals surface area contributed by atoms with E-state index in [2.05, 4.69) is 30.8 Å². The van der Waals surface area contributed by atoms with Crippen molar-refractivity contribution in [2.24, 2.45) is 0 Å². The number of halogens is 1. The number of anilines is 1. The van der Waals surface area contributed by atoms with Crippen molar-refractivity contribution in [1.82, 2.24) is 14.4 Å². The van der Waals surface area contributed by atoms with E-state index >= 15 is 0 Å². The molecule has 2 heterocycles. The standard InChI is InChI=1S/C12H17BrN4O/c1-16(6-3-2-4-8-18)12-11-14-5-7-17(11)9-10(13)15-12/h5,7,9,18H,2-4,6,8H2,1H3. The Kier molecular flexibility index (Phi) is 4.54. The molecule has 0 spiro atoms. The van der Waals surface area contributed by atoms with Crippen LogP contribution < -0.4 is 4.90 Å². The maximum atomic E-state index is 8.75. The Morgan fingerprint density at radius 1 is 1.39 bits per heavy atom. The molecule has 0 aliphatic rings. The number of fused-ring (bicyclic) bond motifs is 1. The molecule has 2 rings (SSSR count). The van der Waals surface area contributed by atoms with Crippen LogP contribution in [0.2, 0.25) is 0 Å². The summed E-state index contributed by atoms with van der Waals surface area (Å²) in [7, 11) is 2.02. The number of aliphatic hydroxyl groups is 1. The van der Waals surface area contributed by atoms with Crippen LogP contribution in [0.25, 0.3) is 5.65 Å². The summed E-state index contributed by atoms with van der Waals surface area (Å²) in [5, 5.41) is 8.75. The number of nitrogens with zero attached hydrogens (tertiary/aromatic N) is 4. The monoisotopic (exact) mass is 312 g/mol. The first-order valence-corrected chi connectivity index (χ1v) is 6.83. The maximum Gasteiger partial charge on any atom is 0.180 e. The van der Waals surface area contributed by atoms with Crippen molar-refractivity contribution in [3.05, 3.63) is 23.2 Å². The minimum atomic E-state index is 0.267. The second-order valence-electron chi connectivity index (χ2n) is 4.25. The summed E-state index contributed by atoms with van der Waals surface area (Å²) >= 11 is 3.41. The average Bonchev–Trinajstić information content (AvgIpc) is 2.81. The highest BCUT2D eigenvalue weighted by molar-refractivity contribution is 9.10. The first-order valence-electron chi connectivity index (χ1n) is 6.03. The Bertz CT molecular complexity index is 514. The van der Waals surface area contributed by atoms with Gasteiger partial charge in [-0.15, -0.1) is 0 Å². The molecule has 2 aromatic heterocycles. The van der Waals surface area contributed by atoms with Gasteiger partial charge in [0.2, 0.25) is 0 Å². The molecule has 0 aliphatic heterocycles. The van der Waals surface area contributed by atoms with Gasteiger partial charge in [-0.2, -0.15) is 0 Å². The van der Waals surface area contributed by atoms with Crippen LogP contribution in [0.4, 0.5) is 5.82 Å². The summed E-state index contributed by atoms with van der Waals surface area (Å²) in [5.74, 6) is 0.873. The third-order valence-electron chi connectivity index (χ3n) is 2.84. The van der Waals surface area contributed by atoms with E-state index in [4.69, 9.17) is 5.11 Å². The lowest BCUT2D eigenvalue weighted by Gasteiger charge is -2.18. The van der Waals surface area contributed by atoms with Crippen LogP contribution in [0, 0.1) is 0 Å². The van der Waals surface area contributed by atoms with Gasteiger partial charge in [-0.3, -0.25) is 0 Å². The van der Waals surface area contributed by atoms with Crippen LogP contribution in [0.15, 0.2) is 23.2 Å². The van der Waals surface area contributed by atoms with E-state index in [1.54, 1.807) is 6.20 Å². The summed E-state index contributed by atoms with van der Waals surface area (Å²) < 4.78 is 2.75. The lowest BCUT2D eigenvalue weighted by Crippen LogP contribution is -2.21. The smallest absolute Gasteiger partial charge is 0.180 e. The summed E-state index contributed by atoms with van der Waals surface area (Å²) in [6, 6.07) is 0. The van der Waals surface area contributed by atoms with Crippen molar-refractivity contribution in [3.63, 3.8) is 0 Å². The van der Waals surface area contributed by atoms with E-state index < -0.39 is 0 Å². The Labute approximate surface area is 115 Å². The molecule has 18 heavy (non-hydrogen) atoms. The zero-order valence-corrected chi connectivity index (χ0v) is 12.0. The highest BCUT2D eigenvalue weighted by Crippen LogP contribution is 2.20. The topological polar surface area (TPSA) is 53.7 Å². The van der Waals surface area contributed by atoms with Gasteiger partial charge in [0.15, 0.2) is 11.5 Å². The van der Waals surface area contributed by atoms with Crippen LogP contribution in [0.1, 0.15) is 19.3 Å². The Balaban J connectivity index is 2.11. The molecule has 2 aromatic rings. The van der Waals surface area contributed by atoms with Crippen LogP contribution in [0.3, 0.4) is 0 Å². The second kappa shape index (κ2) is 6.15. The largest absolute Gasteiger partial charge is 0.396 e. The van der Waals surface area contributed by atoms with Gasteiger partial charge in [-0.05, 0) is 35.2 Å². The molecule has 0 saturated heterocycles. The molecule has 0 aliphatic carbocycles. The van der Waals surface area contributed by atoms with E-state index in [1.807, 2.05) is 23.8 Å². The van der Waals surface area contributed by atoms with Crippen molar-refractivity contribution in [2.75, 3.05) is 25.1 Å². The molecule has 0 saturated carbocycles. The number of hydrogen-bond donors (Lipinski definition) is 1. The molecule has 0 unspecified atom stereocenters. The van der Waals surface area contributed by atoms with Gasteiger partial charge in [0.1, 0.15) is 4.60 Å². The predicted molar refractivity (Wildman–Crippen MR) is 74.9 cm³/mol. The third kappa shape index (κ3) is 3.00. The van der Waals surface area contributed by atoms with Crippen molar-refractivity contribution in [3.8, 4) is 0 Å². The fraction of sp³-hybridized carbons (Fsp3) is 0.500. The summed E-state index contributed by atoms with van der Waals surface area (Å²) in [6.45, 7) is 1.18. The fourth-order valence-corrected chi connectivity index (χ4v) is 2.27. The molecule has 0 atom stereocenters. The first-order chi connectivity index (χ1) is 8.72. The average molecular weight is 313 g/mol. The van der Waals surface area contributed by atoms with E-state index in [1.165, 1.54) is 0 Å². The zero-order chi connectivity index (χ0) is 13.0. The highest BCUT2D eigenvalue weighted by Gasteiger charge is 2.10. The van der Waals surface area contributed by atoms with Gasteiger partial charge in [0, 0.05) is 38.8 Å². The summed E-state index contributed by atoms with van der Waals surface area (Å²) in [4.78, 5) is 10.9. The van der Waals surface area contributed by atoms with Crippen molar-refractivity contribution < 1.29 is 5.11 Å². The van der Waals surface area contributed by atoms with Gasteiger partial charge < -0.3 is 14.4 Å². The SMILES string of the molecule is CN(CCCCCO)c1nc(Br)cn2ccnc12. The number of rotatable bonds is 6. The van der Waals surface area contributed by atoms with Gasteiger partial charge in [0.05, 0.1) is 0 Å². The van der Waals surface area contributed by atoms with Gasteiger partial charge >= 0.3 is 0 Å². The molecule has 0 aromatic carbocycles. The molecular weight excluding hydrogens is 296 g/mol. The molecule has 6 heteroatoms. The minimum Gasteiger partial charge on any atom is -0.396 e. The lowest BCUT2D eigenvalue weighted by molar-refractivity contribution is 0.283. The highest BCUT2D eigenvalue weighted by atomic mass is 79.9. The van der Waals surface area contributed by atoms with Crippen molar-refractivity contribution in [1.29, 1.82) is 0 Å². The Morgan fingerprint density at radius 2 is 2.22 bits per heavy atom. The molecule has 1 N–H and O–H groups in total. The fourth-order valence-electron chi connectivity index (χ4n) is 1.88. The summed E-state index contributed by atoms with van der Waals surface area (Å²) in [6.07, 6.45) is 8.50. The maximum absolute atomic E-state index is 8.75. The van der Waals surface area contributed by atoms with Gasteiger partial charge in [0.25, 0.3) is 0 Å². The molecule has 5 nitrogen and oxygen atoms in total. The number of aromatic nitrogens is 3. The molecule has 0 radical (unpaired) electrons. The number of hydrogen-bond acceptors (Lipinski definition) is 4. The van der Waals surface area contributed by atoms with Crippen LogP contribution in [-0.4, -0.2) is 39.7 Å². The van der Waals surface area contributed by atoms with E-state index in [0.717, 1.165) is 41.9 Å². The molecule has 0 bridgehead atoms. The molecule has 0 fully saturated rings. The van der Waals surface area contributed by atoms with Crippen LogP contribution >= 0.6 is 15.9 Å². The van der Waals surface area contributed by atoms with Gasteiger partial charge in [-0.1, -0.05) is 0 Å². The quantitative estimate of drug-likeness (QED) is 0.830. The minimum absolute atomic E-state index is 0.267. The third-order valence-corrected chi connectivity index (χ3v) is 3.22. The first kappa shape index (κ1) is 13.3. The van der Waals surface area contributed by atoms with Crippen molar-refractivity contribution >= 4 is 27.4 Å². The van der Waals surface area contributed by atoms with Crippen LogP contribution in [-0.2, 0) is 0 Å². The second-order valence-corrected chi connectivity index (χ2v) is 5.06. The summed E-state index contributed by atoms with van der Waals surface area (Å²) in [5.41, 5.74) is 0.864. The zero-order valence-electron chi connectivity index (χ0n) is 10.4. The van der Waals surface area contributed by atoms with Crippen molar-refractivity contribution in [2.45, 2.75) is 19.3 Å². The normalized spacial score (nSPS) is 11.1. The van der Waals surface area contributed by atoms with E-state index in [9.17, 15) is 0 Å². The Hall–Kier alpha value is -1.14. The molecule has 98 valence electrons. The van der Waals surface area contributed by atoms with E-state index in [0.29, 0.717) is 0 Å². The number of imidazole rings is 1. The lowest BCUT2D eigenvalue weighted by atomic mass is 10.2. The molecule has 0 amide bonds. The number of unbranched alkanes of at least 4 members (excludes halogenated alkanes) is 2. The van der Waals surface area contributed by atoms with Crippen LogP contribution in [0.5, 0.6) is 0 Å². The molecular formula is C12H17BrN4O. The van der Waals surface area contributed by atoms with E-state index in [-0.39, 0.29) is 6.61 Å². The Morgan fingerprint density at radius 3 is 3.00 bits per heavy atom. The number of aliphatic hydroxyl groups excluding tert-OH is 1. The predicted octanol–water partition coefficient (Wildman–Crippen LogP) is 2.09. The van der Waals surface area contributed by atoms with Gasteiger partial charge in [-0.25, -0.2) is 9.97 Å².